The molecule has 4 aromatic rings. The summed E-state index contributed by atoms with van der Waals surface area (Å²) in [5.41, 5.74) is 2.67. The van der Waals surface area contributed by atoms with Gasteiger partial charge in [-0.25, -0.2) is 0 Å². The van der Waals surface area contributed by atoms with E-state index in [1.807, 2.05) is 0 Å². The van der Waals surface area contributed by atoms with E-state index in [9.17, 15) is 0 Å². The third kappa shape index (κ3) is 3.66. The van der Waals surface area contributed by atoms with Crippen LogP contribution < -0.4 is 10.4 Å². The lowest BCUT2D eigenvalue weighted by molar-refractivity contribution is 0.624. The van der Waals surface area contributed by atoms with Gasteiger partial charge >= 0.3 is 0 Å². The average molecular weight is 447 g/mol. The highest BCUT2D eigenvalue weighted by atomic mass is 28.3. The minimum atomic E-state index is -1.87. The van der Waals surface area contributed by atoms with E-state index in [1.165, 1.54) is 21.5 Å². The van der Waals surface area contributed by atoms with Crippen LogP contribution in [-0.2, 0) is 5.04 Å². The maximum Gasteiger partial charge on any atom is 0.117 e. The fourth-order valence-corrected chi connectivity index (χ4v) is 11.3. The first kappa shape index (κ1) is 22.0. The van der Waals surface area contributed by atoms with Gasteiger partial charge < -0.3 is 0 Å². The van der Waals surface area contributed by atoms with Crippen molar-refractivity contribution in [2.75, 3.05) is 0 Å². The monoisotopic (exact) mass is 446 g/mol. The molecular formula is C30H30Si2. The van der Waals surface area contributed by atoms with Crippen LogP contribution in [-0.4, -0.2) is 19.0 Å². The van der Waals surface area contributed by atoms with E-state index in [0.29, 0.717) is 0 Å². The van der Waals surface area contributed by atoms with Crippen molar-refractivity contribution in [3.05, 3.63) is 158 Å². The number of allylic oxidation sites excluding steroid dienone is 2. The van der Waals surface area contributed by atoms with Crippen molar-refractivity contribution in [3.8, 4) is 0 Å². The number of hydrogen-bond donors (Lipinski definition) is 0. The van der Waals surface area contributed by atoms with Crippen molar-refractivity contribution in [1.82, 2.24) is 0 Å². The van der Waals surface area contributed by atoms with Crippen molar-refractivity contribution >= 4 is 29.4 Å². The summed E-state index contributed by atoms with van der Waals surface area (Å²) < 4.78 is 0. The maximum absolute atomic E-state index is 4.48. The minimum absolute atomic E-state index is 0.207. The standard InChI is InChI=1S/C30H30Si2/c1-3-29(4-2,32(27-21-13-7-14-22-27)28-23-15-8-16-24-28)30(31,25-17-9-5-10-18-25)26-19-11-6-12-20-26/h3-24,32H,1-2H2,31H3. The van der Waals surface area contributed by atoms with E-state index in [4.69, 9.17) is 0 Å². The molecule has 32 heavy (non-hydrogen) atoms. The molecule has 0 unspecified atom stereocenters. The van der Waals surface area contributed by atoms with E-state index in [1.54, 1.807) is 0 Å². The van der Waals surface area contributed by atoms with Crippen LogP contribution in [0.3, 0.4) is 0 Å². The molecule has 0 saturated carbocycles. The number of hydrogen-bond acceptors (Lipinski definition) is 0. The van der Waals surface area contributed by atoms with Crippen LogP contribution in [0.5, 0.6) is 0 Å². The summed E-state index contributed by atoms with van der Waals surface area (Å²) in [5, 5.41) is 2.31. The van der Waals surface area contributed by atoms with Gasteiger partial charge in [-0.2, -0.15) is 0 Å². The molecule has 0 spiro atoms. The van der Waals surface area contributed by atoms with E-state index >= 15 is 0 Å². The Bertz CT molecular complexity index is 1070. The van der Waals surface area contributed by atoms with Crippen LogP contribution in [0.4, 0.5) is 0 Å². The fourth-order valence-electron chi connectivity index (χ4n) is 5.26. The van der Waals surface area contributed by atoms with Crippen LogP contribution in [0.15, 0.2) is 147 Å². The molecule has 0 amide bonds. The second kappa shape index (κ2) is 9.51. The predicted octanol–water partition coefficient (Wildman–Crippen LogP) is 4.45. The summed E-state index contributed by atoms with van der Waals surface area (Å²) in [6, 6.07) is 44.0. The third-order valence-corrected chi connectivity index (χ3v) is 13.7. The Hall–Kier alpha value is -3.21. The molecule has 0 fully saturated rings. The van der Waals surface area contributed by atoms with Crippen LogP contribution in [0.1, 0.15) is 11.1 Å². The topological polar surface area (TPSA) is 0 Å². The molecule has 0 radical (unpaired) electrons. The number of benzene rings is 4. The van der Waals surface area contributed by atoms with Crippen LogP contribution >= 0.6 is 0 Å². The average Bonchev–Trinajstić information content (AvgIpc) is 2.89. The zero-order valence-corrected chi connectivity index (χ0v) is 21.8. The molecule has 0 bridgehead atoms. The summed E-state index contributed by atoms with van der Waals surface area (Å²) in [6.45, 7) is 8.96. The zero-order valence-electron chi connectivity index (χ0n) is 18.7. The molecule has 0 aliphatic rings. The van der Waals surface area contributed by atoms with Crippen molar-refractivity contribution in [2.24, 2.45) is 0 Å². The van der Waals surface area contributed by atoms with E-state index in [-0.39, 0.29) is 10.1 Å². The highest BCUT2D eigenvalue weighted by Crippen LogP contribution is 2.54. The highest BCUT2D eigenvalue weighted by molar-refractivity contribution is 6.89. The van der Waals surface area contributed by atoms with Gasteiger partial charge in [0.25, 0.3) is 0 Å². The smallest absolute Gasteiger partial charge is 0.102 e. The lowest BCUT2D eigenvalue weighted by Crippen LogP contribution is -2.59. The van der Waals surface area contributed by atoms with Gasteiger partial charge in [-0.15, -0.1) is 13.2 Å². The summed E-state index contributed by atoms with van der Waals surface area (Å²) in [4.78, 5) is 0. The third-order valence-electron chi connectivity index (χ3n) is 6.99. The summed E-state index contributed by atoms with van der Waals surface area (Å²) in [5.74, 6) is 0. The van der Waals surface area contributed by atoms with Gasteiger partial charge in [0.15, 0.2) is 0 Å². The molecule has 0 nitrogen and oxygen atoms in total. The largest absolute Gasteiger partial charge is 0.117 e. The maximum atomic E-state index is 4.48. The summed E-state index contributed by atoms with van der Waals surface area (Å²) >= 11 is 0. The zero-order chi connectivity index (χ0) is 22.4. The van der Waals surface area contributed by atoms with E-state index < -0.39 is 8.80 Å². The molecule has 0 heterocycles. The summed E-state index contributed by atoms with van der Waals surface area (Å²) in [7, 11) is -0.955. The van der Waals surface area contributed by atoms with Crippen LogP contribution in [0.2, 0.25) is 5.04 Å². The first-order valence-corrected chi connectivity index (χ1v) is 13.9. The van der Waals surface area contributed by atoms with Gasteiger partial charge in [0.05, 0.1) is 0 Å². The second-order valence-corrected chi connectivity index (χ2v) is 13.1. The van der Waals surface area contributed by atoms with Crippen LogP contribution in [0, 0.1) is 0 Å². The molecule has 0 aliphatic heterocycles. The normalized spacial score (nSPS) is 11.9. The Morgan fingerprint density at radius 3 is 1.16 bits per heavy atom. The van der Waals surface area contributed by atoms with Crippen molar-refractivity contribution < 1.29 is 0 Å². The van der Waals surface area contributed by atoms with E-state index in [0.717, 1.165) is 10.2 Å². The Morgan fingerprint density at radius 1 is 0.531 bits per heavy atom. The molecule has 4 aromatic carbocycles. The van der Waals surface area contributed by atoms with E-state index in [2.05, 4.69) is 147 Å². The van der Waals surface area contributed by atoms with Gasteiger partial charge in [-0.3, -0.25) is 0 Å². The van der Waals surface area contributed by atoms with Crippen molar-refractivity contribution in [3.63, 3.8) is 0 Å². The highest BCUT2D eigenvalue weighted by Gasteiger charge is 2.52. The molecule has 0 saturated heterocycles. The Morgan fingerprint density at radius 2 is 0.844 bits per heavy atom. The van der Waals surface area contributed by atoms with Crippen molar-refractivity contribution in [1.29, 1.82) is 0 Å². The molecule has 4 rings (SSSR count). The van der Waals surface area contributed by atoms with Gasteiger partial charge in [-0.05, 0) is 11.1 Å². The fraction of sp³-hybridized carbons (Fsp3) is 0.0667. The number of rotatable bonds is 8. The van der Waals surface area contributed by atoms with Gasteiger partial charge in [0.2, 0.25) is 0 Å². The quantitative estimate of drug-likeness (QED) is 0.277. The Balaban J connectivity index is 2.09. The first-order chi connectivity index (χ1) is 15.7. The molecular weight excluding hydrogens is 417 g/mol. The first-order valence-electron chi connectivity index (χ1n) is 11.2. The second-order valence-electron chi connectivity index (χ2n) is 8.45. The van der Waals surface area contributed by atoms with Crippen LogP contribution in [0.25, 0.3) is 0 Å². The molecule has 0 N–H and O–H groups in total. The Labute approximate surface area is 197 Å². The van der Waals surface area contributed by atoms with Gasteiger partial charge in [0, 0.05) is 20.3 Å². The molecule has 0 aromatic heterocycles. The molecule has 158 valence electrons. The Kier molecular flexibility index (Phi) is 6.54. The lowest BCUT2D eigenvalue weighted by atomic mass is 9.78. The predicted molar refractivity (Wildman–Crippen MR) is 146 cm³/mol. The minimum Gasteiger partial charge on any atom is -0.102 e. The molecule has 0 aliphatic carbocycles. The summed E-state index contributed by atoms with van der Waals surface area (Å²) in [6.07, 6.45) is 4.42. The van der Waals surface area contributed by atoms with Gasteiger partial charge in [0.1, 0.15) is 8.80 Å². The lowest BCUT2D eigenvalue weighted by Gasteiger charge is -2.51. The molecule has 2 heteroatoms. The van der Waals surface area contributed by atoms with Crippen molar-refractivity contribution in [2.45, 2.75) is 10.1 Å². The molecule has 0 atom stereocenters. The van der Waals surface area contributed by atoms with Gasteiger partial charge in [-0.1, -0.05) is 144 Å². The SMILES string of the molecule is C=CC(C=C)([SiH](c1ccccc1)c1ccccc1)C([SiH3])(c1ccccc1)c1ccccc1.